The molecule has 10 nitrogen and oxygen atoms in total. The fraction of sp³-hybridized carbons (Fsp3) is 0.118. The molecule has 4 aromatic rings. The first-order valence-electron chi connectivity index (χ1n) is 7.97. The molecule has 0 aliphatic heterocycles. The van der Waals surface area contributed by atoms with E-state index in [0.29, 0.717) is 17.2 Å². The van der Waals surface area contributed by atoms with E-state index in [0.717, 1.165) is 11.0 Å². The Labute approximate surface area is 151 Å². The fourth-order valence-electron chi connectivity index (χ4n) is 3.00. The number of amides is 1. The van der Waals surface area contributed by atoms with Gasteiger partial charge in [0.15, 0.2) is 5.76 Å². The lowest BCUT2D eigenvalue weighted by atomic mass is 10.3. The number of hydrogen-bond acceptors (Lipinski definition) is 6. The smallest absolute Gasteiger partial charge is 0.400 e. The Morgan fingerprint density at radius 1 is 1.30 bits per heavy atom. The summed E-state index contributed by atoms with van der Waals surface area (Å²) in [5.41, 5.74) is 5.14. The Hall–Kier alpha value is -3.95. The predicted octanol–water partition coefficient (Wildman–Crippen LogP) is 2.40. The highest BCUT2D eigenvalue weighted by atomic mass is 16.6. The standard InChI is InChI=1S/C17H14N6O4/c1-10-15(16(24)20-18-9-11-7-8-14(27-11)23(25)26)22-13-6-4-3-5-12(13)21(2)17(22)19-10/h3-9H,1-2H3,(H,20,24). The van der Waals surface area contributed by atoms with Crippen LogP contribution < -0.4 is 5.43 Å². The summed E-state index contributed by atoms with van der Waals surface area (Å²) in [5.74, 6) is -0.0488. The van der Waals surface area contributed by atoms with E-state index in [1.165, 1.54) is 18.3 Å². The zero-order valence-electron chi connectivity index (χ0n) is 14.4. The Balaban J connectivity index is 1.66. The monoisotopic (exact) mass is 366 g/mol. The molecule has 3 heterocycles. The molecular formula is C17H14N6O4. The summed E-state index contributed by atoms with van der Waals surface area (Å²) >= 11 is 0. The number of benzene rings is 1. The molecule has 0 saturated carbocycles. The van der Waals surface area contributed by atoms with E-state index in [1.54, 1.807) is 11.3 Å². The number of imidazole rings is 2. The van der Waals surface area contributed by atoms with Crippen LogP contribution in [0.2, 0.25) is 0 Å². The Bertz CT molecular complexity index is 1230. The SMILES string of the molecule is Cc1nc2n(C)c3ccccc3n2c1C(=O)NN=Cc1ccc([N+](=O)[O-])o1. The lowest BCUT2D eigenvalue weighted by Crippen LogP contribution is -2.20. The van der Waals surface area contributed by atoms with Crippen molar-refractivity contribution in [3.8, 4) is 0 Å². The molecule has 0 unspecified atom stereocenters. The van der Waals surface area contributed by atoms with Crippen molar-refractivity contribution >= 4 is 34.8 Å². The number of nitrogens with one attached hydrogen (secondary N) is 1. The number of aryl methyl sites for hydroxylation is 2. The average molecular weight is 366 g/mol. The molecule has 0 saturated heterocycles. The fourth-order valence-corrected chi connectivity index (χ4v) is 3.00. The summed E-state index contributed by atoms with van der Waals surface area (Å²) in [7, 11) is 1.88. The van der Waals surface area contributed by atoms with Gasteiger partial charge in [0, 0.05) is 7.05 Å². The van der Waals surface area contributed by atoms with Crippen molar-refractivity contribution in [2.24, 2.45) is 12.1 Å². The Morgan fingerprint density at radius 2 is 2.04 bits per heavy atom. The number of hydrogen-bond donors (Lipinski definition) is 1. The zero-order valence-corrected chi connectivity index (χ0v) is 14.4. The van der Waals surface area contributed by atoms with E-state index in [4.69, 9.17) is 4.42 Å². The number of hydrazone groups is 1. The number of nitro groups is 1. The summed E-state index contributed by atoms with van der Waals surface area (Å²) < 4.78 is 8.63. The van der Waals surface area contributed by atoms with Crippen LogP contribution in [0.1, 0.15) is 21.9 Å². The van der Waals surface area contributed by atoms with E-state index in [9.17, 15) is 14.9 Å². The van der Waals surface area contributed by atoms with E-state index in [-0.39, 0.29) is 5.76 Å². The van der Waals surface area contributed by atoms with E-state index < -0.39 is 16.7 Å². The summed E-state index contributed by atoms with van der Waals surface area (Å²) in [4.78, 5) is 27.1. The second kappa shape index (κ2) is 6.09. The Kier molecular flexibility index (Phi) is 3.73. The summed E-state index contributed by atoms with van der Waals surface area (Å²) in [6, 6.07) is 10.3. The van der Waals surface area contributed by atoms with Gasteiger partial charge in [0.1, 0.15) is 10.6 Å². The third-order valence-corrected chi connectivity index (χ3v) is 4.18. The molecule has 0 atom stereocenters. The molecule has 1 amide bonds. The largest absolute Gasteiger partial charge is 0.433 e. The number of carbonyl (C=O) groups is 1. The molecule has 1 N–H and O–H groups in total. The van der Waals surface area contributed by atoms with Gasteiger partial charge in [-0.25, -0.2) is 10.4 Å². The first-order chi connectivity index (χ1) is 13.0. The van der Waals surface area contributed by atoms with Gasteiger partial charge in [0.2, 0.25) is 5.78 Å². The highest BCUT2D eigenvalue weighted by Gasteiger charge is 2.21. The minimum Gasteiger partial charge on any atom is -0.400 e. The van der Waals surface area contributed by atoms with Crippen LogP contribution in [0.3, 0.4) is 0 Å². The number of aromatic nitrogens is 3. The van der Waals surface area contributed by atoms with Crippen molar-refractivity contribution in [1.29, 1.82) is 0 Å². The summed E-state index contributed by atoms with van der Waals surface area (Å²) in [5, 5.41) is 14.4. The first-order valence-corrected chi connectivity index (χ1v) is 7.97. The highest BCUT2D eigenvalue weighted by Crippen LogP contribution is 2.23. The van der Waals surface area contributed by atoms with Gasteiger partial charge in [0.25, 0.3) is 5.91 Å². The van der Waals surface area contributed by atoms with Crippen molar-refractivity contribution in [2.75, 3.05) is 0 Å². The van der Waals surface area contributed by atoms with Crippen LogP contribution in [0, 0.1) is 17.0 Å². The van der Waals surface area contributed by atoms with E-state index >= 15 is 0 Å². The molecule has 0 aliphatic carbocycles. The molecule has 4 rings (SSSR count). The van der Waals surface area contributed by atoms with Gasteiger partial charge in [-0.2, -0.15) is 5.10 Å². The maximum Gasteiger partial charge on any atom is 0.433 e. The van der Waals surface area contributed by atoms with Gasteiger partial charge in [-0.1, -0.05) is 12.1 Å². The summed E-state index contributed by atoms with van der Waals surface area (Å²) in [6.07, 6.45) is 1.20. The van der Waals surface area contributed by atoms with Crippen LogP contribution in [0.4, 0.5) is 5.88 Å². The first kappa shape index (κ1) is 16.5. The third-order valence-electron chi connectivity index (χ3n) is 4.18. The van der Waals surface area contributed by atoms with Gasteiger partial charge >= 0.3 is 5.88 Å². The van der Waals surface area contributed by atoms with Crippen molar-refractivity contribution in [3.63, 3.8) is 0 Å². The van der Waals surface area contributed by atoms with Crippen LogP contribution in [0.5, 0.6) is 0 Å². The van der Waals surface area contributed by atoms with E-state index in [2.05, 4.69) is 15.5 Å². The molecular weight excluding hydrogens is 352 g/mol. The lowest BCUT2D eigenvalue weighted by Gasteiger charge is -2.00. The molecule has 0 fully saturated rings. The van der Waals surface area contributed by atoms with Crippen LogP contribution >= 0.6 is 0 Å². The van der Waals surface area contributed by atoms with Crippen molar-refractivity contribution < 1.29 is 14.1 Å². The zero-order chi connectivity index (χ0) is 19.1. The maximum atomic E-state index is 12.7. The molecule has 0 aliphatic rings. The number of carbonyl (C=O) groups excluding carboxylic acids is 1. The number of para-hydroxylation sites is 2. The normalized spacial score (nSPS) is 11.6. The minimum atomic E-state index is -0.650. The third kappa shape index (κ3) is 2.63. The highest BCUT2D eigenvalue weighted by molar-refractivity contribution is 5.97. The quantitative estimate of drug-likeness (QED) is 0.338. The van der Waals surface area contributed by atoms with Crippen LogP contribution in [-0.2, 0) is 7.05 Å². The van der Waals surface area contributed by atoms with Crippen LogP contribution in [0.25, 0.3) is 16.8 Å². The van der Waals surface area contributed by atoms with Crippen molar-refractivity contribution in [1.82, 2.24) is 19.4 Å². The molecule has 10 heteroatoms. The van der Waals surface area contributed by atoms with Gasteiger partial charge in [-0.3, -0.25) is 19.3 Å². The number of nitrogens with zero attached hydrogens (tertiary/aromatic N) is 5. The molecule has 136 valence electrons. The summed E-state index contributed by atoms with van der Waals surface area (Å²) in [6.45, 7) is 1.75. The molecule has 3 aromatic heterocycles. The molecule has 1 aromatic carbocycles. The van der Waals surface area contributed by atoms with Gasteiger partial charge in [-0.05, 0) is 25.1 Å². The topological polar surface area (TPSA) is 120 Å². The number of furan rings is 1. The second-order valence-corrected chi connectivity index (χ2v) is 5.86. The van der Waals surface area contributed by atoms with Crippen molar-refractivity contribution in [2.45, 2.75) is 6.92 Å². The Morgan fingerprint density at radius 3 is 2.74 bits per heavy atom. The number of rotatable bonds is 4. The number of fused-ring (bicyclic) bond motifs is 3. The van der Waals surface area contributed by atoms with E-state index in [1.807, 2.05) is 35.9 Å². The molecule has 27 heavy (non-hydrogen) atoms. The molecule has 0 radical (unpaired) electrons. The van der Waals surface area contributed by atoms with Crippen LogP contribution in [-0.4, -0.2) is 31.0 Å². The van der Waals surface area contributed by atoms with Gasteiger partial charge < -0.3 is 8.98 Å². The average Bonchev–Trinajstić information content (AvgIpc) is 3.31. The minimum absolute atomic E-state index is 0.155. The second-order valence-electron chi connectivity index (χ2n) is 5.86. The molecule has 0 spiro atoms. The lowest BCUT2D eigenvalue weighted by molar-refractivity contribution is -0.402. The van der Waals surface area contributed by atoms with Crippen LogP contribution in [0.15, 0.2) is 45.9 Å². The van der Waals surface area contributed by atoms with Gasteiger partial charge in [-0.15, -0.1) is 0 Å². The molecule has 0 bridgehead atoms. The predicted molar refractivity (Wildman–Crippen MR) is 96.8 cm³/mol. The maximum absolute atomic E-state index is 12.7. The van der Waals surface area contributed by atoms with Gasteiger partial charge in [0.05, 0.1) is 29.0 Å². The van der Waals surface area contributed by atoms with Crippen molar-refractivity contribution in [3.05, 3.63) is 63.7 Å².